The maximum atomic E-state index is 12.0. The van der Waals surface area contributed by atoms with Gasteiger partial charge >= 0.3 is 12.0 Å². The standard InChI is InChI=1S/C13H17N3O5/c1-21-11-3-2-8(5-14-11)6-15-13(20)16-7-9(17)4-10(16)12(18)19/h2-3,5,9-10,17H,4,6-7H2,1H3,(H,15,20)(H,18,19)/t9-,10+/m1/s1. The number of methoxy groups -OCH3 is 1. The molecule has 0 unspecified atom stereocenters. The van der Waals surface area contributed by atoms with E-state index in [1.54, 1.807) is 18.3 Å². The highest BCUT2D eigenvalue weighted by Crippen LogP contribution is 2.18. The number of ether oxygens (including phenoxy) is 1. The van der Waals surface area contributed by atoms with Crippen LogP contribution in [0.15, 0.2) is 18.3 Å². The van der Waals surface area contributed by atoms with Gasteiger partial charge in [-0.3, -0.25) is 0 Å². The lowest BCUT2D eigenvalue weighted by Crippen LogP contribution is -2.45. The number of aliphatic hydroxyl groups excluding tert-OH is 1. The van der Waals surface area contributed by atoms with Gasteiger partial charge in [-0.15, -0.1) is 0 Å². The van der Waals surface area contributed by atoms with Crippen molar-refractivity contribution >= 4 is 12.0 Å². The molecule has 0 spiro atoms. The normalized spacial score (nSPS) is 21.1. The van der Waals surface area contributed by atoms with Gasteiger partial charge in [0.1, 0.15) is 6.04 Å². The molecule has 1 aromatic heterocycles. The van der Waals surface area contributed by atoms with Crippen LogP contribution >= 0.6 is 0 Å². The number of aliphatic carboxylic acids is 1. The Bertz CT molecular complexity index is 519. The van der Waals surface area contributed by atoms with Gasteiger partial charge in [0, 0.05) is 31.8 Å². The van der Waals surface area contributed by atoms with E-state index in [1.807, 2.05) is 0 Å². The third kappa shape index (κ3) is 3.60. The summed E-state index contributed by atoms with van der Waals surface area (Å²) >= 11 is 0. The van der Waals surface area contributed by atoms with Crippen molar-refractivity contribution in [1.29, 1.82) is 0 Å². The molecule has 2 amide bonds. The number of carboxylic acids is 1. The fourth-order valence-corrected chi connectivity index (χ4v) is 2.19. The van der Waals surface area contributed by atoms with E-state index in [0.29, 0.717) is 5.88 Å². The number of amides is 2. The molecule has 1 aliphatic rings. The zero-order valence-corrected chi connectivity index (χ0v) is 11.5. The Morgan fingerprint density at radius 2 is 2.29 bits per heavy atom. The number of hydrogen-bond donors (Lipinski definition) is 3. The van der Waals surface area contributed by atoms with Crippen LogP contribution < -0.4 is 10.1 Å². The van der Waals surface area contributed by atoms with Crippen LogP contribution in [0.2, 0.25) is 0 Å². The van der Waals surface area contributed by atoms with Crippen molar-refractivity contribution in [1.82, 2.24) is 15.2 Å². The number of carbonyl (C=O) groups is 2. The summed E-state index contributed by atoms with van der Waals surface area (Å²) in [6, 6.07) is 1.91. The minimum atomic E-state index is -1.12. The molecule has 3 N–H and O–H groups in total. The van der Waals surface area contributed by atoms with Crippen LogP contribution in [-0.4, -0.2) is 57.9 Å². The second-order valence-electron chi connectivity index (χ2n) is 4.76. The van der Waals surface area contributed by atoms with Crippen molar-refractivity contribution in [3.63, 3.8) is 0 Å². The van der Waals surface area contributed by atoms with Crippen LogP contribution in [0, 0.1) is 0 Å². The fourth-order valence-electron chi connectivity index (χ4n) is 2.19. The van der Waals surface area contributed by atoms with Crippen LogP contribution in [0.25, 0.3) is 0 Å². The Labute approximate surface area is 121 Å². The predicted octanol–water partition coefficient (Wildman–Crippen LogP) is -0.180. The van der Waals surface area contributed by atoms with E-state index in [4.69, 9.17) is 9.84 Å². The smallest absolute Gasteiger partial charge is 0.326 e. The molecule has 8 heteroatoms. The predicted molar refractivity (Wildman–Crippen MR) is 71.8 cm³/mol. The molecule has 0 aromatic carbocycles. The van der Waals surface area contributed by atoms with Crippen molar-refractivity contribution in [2.24, 2.45) is 0 Å². The summed E-state index contributed by atoms with van der Waals surface area (Å²) in [6.45, 7) is 0.235. The summed E-state index contributed by atoms with van der Waals surface area (Å²) in [4.78, 5) is 28.2. The Balaban J connectivity index is 1.92. The van der Waals surface area contributed by atoms with E-state index in [0.717, 1.165) is 10.5 Å². The van der Waals surface area contributed by atoms with Crippen LogP contribution in [0.4, 0.5) is 4.79 Å². The van der Waals surface area contributed by atoms with Gasteiger partial charge in [0.15, 0.2) is 0 Å². The number of carbonyl (C=O) groups excluding carboxylic acids is 1. The molecule has 0 saturated carbocycles. The maximum Gasteiger partial charge on any atom is 0.326 e. The van der Waals surface area contributed by atoms with Gasteiger partial charge in [-0.2, -0.15) is 0 Å². The number of rotatable bonds is 4. The monoisotopic (exact) mass is 295 g/mol. The highest BCUT2D eigenvalue weighted by molar-refractivity contribution is 5.83. The summed E-state index contributed by atoms with van der Waals surface area (Å²) in [5.74, 6) is -0.647. The first kappa shape index (κ1) is 15.0. The molecule has 114 valence electrons. The molecule has 0 radical (unpaired) electrons. The highest BCUT2D eigenvalue weighted by Gasteiger charge is 2.38. The van der Waals surface area contributed by atoms with Gasteiger partial charge in [0.2, 0.25) is 5.88 Å². The van der Waals surface area contributed by atoms with E-state index < -0.39 is 24.1 Å². The second kappa shape index (κ2) is 6.40. The van der Waals surface area contributed by atoms with Crippen molar-refractivity contribution in [2.45, 2.75) is 25.1 Å². The number of aliphatic hydroxyl groups is 1. The fraction of sp³-hybridized carbons (Fsp3) is 0.462. The molecule has 1 aliphatic heterocycles. The number of nitrogens with one attached hydrogen (secondary N) is 1. The van der Waals surface area contributed by atoms with Crippen molar-refractivity contribution in [2.75, 3.05) is 13.7 Å². The Morgan fingerprint density at radius 3 is 2.86 bits per heavy atom. The summed E-state index contributed by atoms with van der Waals surface area (Å²) < 4.78 is 4.93. The minimum Gasteiger partial charge on any atom is -0.481 e. The van der Waals surface area contributed by atoms with Crippen molar-refractivity contribution < 1.29 is 24.5 Å². The van der Waals surface area contributed by atoms with Gasteiger partial charge < -0.3 is 25.2 Å². The van der Waals surface area contributed by atoms with Crippen molar-refractivity contribution in [3.05, 3.63) is 23.9 Å². The Hall–Kier alpha value is -2.35. The summed E-state index contributed by atoms with van der Waals surface area (Å²) in [5.41, 5.74) is 0.760. The summed E-state index contributed by atoms with van der Waals surface area (Å²) in [5, 5.41) is 21.2. The molecule has 2 atom stereocenters. The van der Waals surface area contributed by atoms with Crippen LogP contribution in [0.5, 0.6) is 5.88 Å². The van der Waals surface area contributed by atoms with E-state index in [2.05, 4.69) is 10.3 Å². The molecule has 2 heterocycles. The zero-order chi connectivity index (χ0) is 15.4. The molecule has 8 nitrogen and oxygen atoms in total. The SMILES string of the molecule is COc1ccc(CNC(=O)N2C[C@H](O)C[C@H]2C(=O)O)cn1. The number of hydrogen-bond acceptors (Lipinski definition) is 5. The molecule has 1 saturated heterocycles. The van der Waals surface area contributed by atoms with Gasteiger partial charge in [0.25, 0.3) is 0 Å². The van der Waals surface area contributed by atoms with Crippen LogP contribution in [0.1, 0.15) is 12.0 Å². The molecule has 0 aliphatic carbocycles. The van der Waals surface area contributed by atoms with Gasteiger partial charge in [-0.1, -0.05) is 6.07 Å². The van der Waals surface area contributed by atoms with Gasteiger partial charge in [0.05, 0.1) is 13.2 Å². The molecular formula is C13H17N3O5. The first-order valence-electron chi connectivity index (χ1n) is 6.45. The first-order chi connectivity index (χ1) is 10.0. The molecule has 21 heavy (non-hydrogen) atoms. The lowest BCUT2D eigenvalue weighted by Gasteiger charge is -2.21. The first-order valence-corrected chi connectivity index (χ1v) is 6.45. The van der Waals surface area contributed by atoms with Crippen LogP contribution in [0.3, 0.4) is 0 Å². The van der Waals surface area contributed by atoms with E-state index in [-0.39, 0.29) is 19.5 Å². The minimum absolute atomic E-state index is 0.0175. The number of urea groups is 1. The largest absolute Gasteiger partial charge is 0.481 e. The summed E-state index contributed by atoms with van der Waals surface area (Å²) in [7, 11) is 1.51. The average molecular weight is 295 g/mol. The second-order valence-corrected chi connectivity index (χ2v) is 4.76. The lowest BCUT2D eigenvalue weighted by atomic mass is 10.2. The highest BCUT2D eigenvalue weighted by atomic mass is 16.5. The molecule has 1 fully saturated rings. The maximum absolute atomic E-state index is 12.0. The Morgan fingerprint density at radius 1 is 1.52 bits per heavy atom. The Kier molecular flexibility index (Phi) is 4.59. The summed E-state index contributed by atoms with van der Waals surface area (Å²) in [6.07, 6.45) is 0.805. The number of likely N-dealkylation sites (tertiary alicyclic amines) is 1. The third-order valence-corrected chi connectivity index (χ3v) is 3.28. The van der Waals surface area contributed by atoms with E-state index in [9.17, 15) is 14.7 Å². The van der Waals surface area contributed by atoms with Gasteiger partial charge in [-0.25, -0.2) is 14.6 Å². The topological polar surface area (TPSA) is 112 Å². The quantitative estimate of drug-likeness (QED) is 0.710. The average Bonchev–Trinajstić information content (AvgIpc) is 2.87. The van der Waals surface area contributed by atoms with E-state index >= 15 is 0 Å². The number of β-amino-alcohol motifs (C(OH)–C–C–N with tert-alkyl or cyclic N) is 1. The zero-order valence-electron chi connectivity index (χ0n) is 11.5. The molecular weight excluding hydrogens is 278 g/mol. The van der Waals surface area contributed by atoms with Crippen LogP contribution in [-0.2, 0) is 11.3 Å². The number of carboxylic acid groups (broad SMARTS) is 1. The van der Waals surface area contributed by atoms with Gasteiger partial charge in [-0.05, 0) is 5.56 Å². The number of aromatic nitrogens is 1. The number of nitrogens with zero attached hydrogens (tertiary/aromatic N) is 2. The molecule has 1 aromatic rings. The number of pyridine rings is 1. The molecule has 2 rings (SSSR count). The molecule has 0 bridgehead atoms. The van der Waals surface area contributed by atoms with Crippen molar-refractivity contribution in [3.8, 4) is 5.88 Å². The van der Waals surface area contributed by atoms with E-state index in [1.165, 1.54) is 7.11 Å². The third-order valence-electron chi connectivity index (χ3n) is 3.28. The lowest BCUT2D eigenvalue weighted by molar-refractivity contribution is -0.141.